The van der Waals surface area contributed by atoms with Gasteiger partial charge in [-0.2, -0.15) is 5.21 Å². The van der Waals surface area contributed by atoms with E-state index in [0.29, 0.717) is 36.6 Å². The summed E-state index contributed by atoms with van der Waals surface area (Å²) in [7, 11) is 0. The molecule has 0 saturated carbocycles. The summed E-state index contributed by atoms with van der Waals surface area (Å²) in [6, 6.07) is 7.18. The van der Waals surface area contributed by atoms with Gasteiger partial charge in [-0.15, -0.1) is 10.2 Å². The second-order valence-corrected chi connectivity index (χ2v) is 7.27. The Kier molecular flexibility index (Phi) is 5.15. The number of benzene rings is 1. The molecule has 2 aliphatic rings. The highest BCUT2D eigenvalue weighted by Crippen LogP contribution is 2.23. The third kappa shape index (κ3) is 4.00. The van der Waals surface area contributed by atoms with Crippen LogP contribution in [0, 0.1) is 0 Å². The first-order valence-electron chi connectivity index (χ1n) is 9.29. The van der Waals surface area contributed by atoms with Crippen LogP contribution in [0.4, 0.5) is 0 Å². The average Bonchev–Trinajstić information content (AvgIpc) is 3.34. The third-order valence-corrected chi connectivity index (χ3v) is 5.11. The zero-order chi connectivity index (χ0) is 18.7. The van der Waals surface area contributed by atoms with E-state index in [9.17, 15) is 9.90 Å². The van der Waals surface area contributed by atoms with Gasteiger partial charge in [0.15, 0.2) is 0 Å². The highest BCUT2D eigenvalue weighted by molar-refractivity contribution is 6.00. The predicted molar refractivity (Wildman–Crippen MR) is 97.0 cm³/mol. The molecule has 27 heavy (non-hydrogen) atoms. The fourth-order valence-electron chi connectivity index (χ4n) is 3.85. The van der Waals surface area contributed by atoms with E-state index in [4.69, 9.17) is 4.74 Å². The summed E-state index contributed by atoms with van der Waals surface area (Å²) in [6.45, 7) is 3.79. The van der Waals surface area contributed by atoms with E-state index in [0.717, 1.165) is 25.9 Å². The Balaban J connectivity index is 1.56. The van der Waals surface area contributed by atoms with E-state index in [-0.39, 0.29) is 19.1 Å². The number of hydrogen-bond acceptors (Lipinski definition) is 7. The van der Waals surface area contributed by atoms with Crippen molar-refractivity contribution in [2.75, 3.05) is 45.9 Å². The van der Waals surface area contributed by atoms with Crippen LogP contribution in [0.1, 0.15) is 23.2 Å². The standard InChI is InChI=1S/C18H24N6O3/c25-17(15-6-2-1-5-14(15)16-19-21-22-20-16)24-9-10-27-13-18(26,12-24)11-23-7-3-4-8-23/h1-2,5-6,26H,3-4,7-13H2,(H,19,20,21,22)/t18-/m0/s1. The Labute approximate surface area is 157 Å². The van der Waals surface area contributed by atoms with Crippen molar-refractivity contribution in [3.05, 3.63) is 29.8 Å². The molecule has 2 saturated heterocycles. The van der Waals surface area contributed by atoms with Crippen molar-refractivity contribution in [1.82, 2.24) is 30.4 Å². The number of hydrogen-bond donors (Lipinski definition) is 2. The first-order chi connectivity index (χ1) is 13.1. The number of aliphatic hydroxyl groups is 1. The van der Waals surface area contributed by atoms with Crippen LogP contribution >= 0.6 is 0 Å². The number of rotatable bonds is 4. The zero-order valence-corrected chi connectivity index (χ0v) is 15.2. The summed E-state index contributed by atoms with van der Waals surface area (Å²) in [6.07, 6.45) is 2.30. The number of likely N-dealkylation sites (tertiary alicyclic amines) is 1. The normalized spacial score (nSPS) is 24.1. The van der Waals surface area contributed by atoms with E-state index in [1.165, 1.54) is 0 Å². The zero-order valence-electron chi connectivity index (χ0n) is 15.2. The number of carbonyl (C=O) groups excluding carboxylic acids is 1. The highest BCUT2D eigenvalue weighted by Gasteiger charge is 2.37. The van der Waals surface area contributed by atoms with Gasteiger partial charge < -0.3 is 19.6 Å². The molecule has 9 heteroatoms. The number of nitrogens with one attached hydrogen (secondary N) is 1. The molecule has 0 aliphatic carbocycles. The SMILES string of the molecule is O=C(c1ccccc1-c1nn[nH]n1)N1CCOC[C@](O)(CN2CCCC2)C1. The first-order valence-corrected chi connectivity index (χ1v) is 9.29. The predicted octanol–water partition coefficient (Wildman–Crippen LogP) is 0.166. The lowest BCUT2D eigenvalue weighted by atomic mass is 10.0. The fourth-order valence-corrected chi connectivity index (χ4v) is 3.85. The molecule has 1 atom stereocenters. The van der Waals surface area contributed by atoms with E-state index in [1.54, 1.807) is 17.0 Å². The maximum atomic E-state index is 13.3. The van der Waals surface area contributed by atoms with Crippen LogP contribution in [0.25, 0.3) is 11.4 Å². The molecular formula is C18H24N6O3. The van der Waals surface area contributed by atoms with Gasteiger partial charge in [0, 0.05) is 18.7 Å². The number of amides is 1. The number of H-pyrrole nitrogens is 1. The Morgan fingerprint density at radius 1 is 1.26 bits per heavy atom. The smallest absolute Gasteiger partial charge is 0.254 e. The van der Waals surface area contributed by atoms with E-state index >= 15 is 0 Å². The first kappa shape index (κ1) is 18.0. The molecule has 2 aliphatic heterocycles. The highest BCUT2D eigenvalue weighted by atomic mass is 16.5. The summed E-state index contributed by atoms with van der Waals surface area (Å²) >= 11 is 0. The molecule has 4 rings (SSSR count). The number of carbonyl (C=O) groups is 1. The minimum absolute atomic E-state index is 0.166. The second-order valence-electron chi connectivity index (χ2n) is 7.27. The summed E-state index contributed by atoms with van der Waals surface area (Å²) in [5, 5.41) is 25.1. The summed E-state index contributed by atoms with van der Waals surface area (Å²) in [4.78, 5) is 17.2. The van der Waals surface area contributed by atoms with Crippen LogP contribution in [-0.2, 0) is 4.74 Å². The van der Waals surface area contributed by atoms with Gasteiger partial charge in [0.25, 0.3) is 5.91 Å². The molecule has 0 spiro atoms. The van der Waals surface area contributed by atoms with Crippen molar-refractivity contribution < 1.29 is 14.6 Å². The van der Waals surface area contributed by atoms with Gasteiger partial charge in [-0.1, -0.05) is 18.2 Å². The maximum Gasteiger partial charge on any atom is 0.254 e. The summed E-state index contributed by atoms with van der Waals surface area (Å²) in [5.74, 6) is 0.207. The second kappa shape index (κ2) is 7.71. The van der Waals surface area contributed by atoms with Crippen LogP contribution in [0.3, 0.4) is 0 Å². The van der Waals surface area contributed by atoms with Crippen LogP contribution in [0.5, 0.6) is 0 Å². The number of ether oxygens (including phenoxy) is 1. The van der Waals surface area contributed by atoms with Gasteiger partial charge in [-0.05, 0) is 37.2 Å². The van der Waals surface area contributed by atoms with Crippen molar-refractivity contribution in [3.8, 4) is 11.4 Å². The molecule has 2 fully saturated rings. The van der Waals surface area contributed by atoms with Gasteiger partial charge in [0.05, 0.1) is 25.3 Å². The van der Waals surface area contributed by atoms with Crippen molar-refractivity contribution in [2.45, 2.75) is 18.4 Å². The molecular weight excluding hydrogens is 348 g/mol. The summed E-state index contributed by atoms with van der Waals surface area (Å²) < 4.78 is 5.63. The quantitative estimate of drug-likeness (QED) is 0.787. The molecule has 0 radical (unpaired) electrons. The molecule has 3 heterocycles. The van der Waals surface area contributed by atoms with Gasteiger partial charge >= 0.3 is 0 Å². The van der Waals surface area contributed by atoms with Gasteiger partial charge in [-0.25, -0.2) is 0 Å². The van der Waals surface area contributed by atoms with Gasteiger partial charge in [0.1, 0.15) is 5.60 Å². The monoisotopic (exact) mass is 372 g/mol. The van der Waals surface area contributed by atoms with Crippen molar-refractivity contribution >= 4 is 5.91 Å². The number of β-amino-alcohol motifs (C(OH)–C–C–N with tert-alkyl or cyclic N) is 1. The van der Waals surface area contributed by atoms with Gasteiger partial charge in [0.2, 0.25) is 5.82 Å². The topological polar surface area (TPSA) is 107 Å². The fraction of sp³-hybridized carbons (Fsp3) is 0.556. The van der Waals surface area contributed by atoms with Crippen LogP contribution in [-0.4, -0.2) is 93.0 Å². The molecule has 144 valence electrons. The lowest BCUT2D eigenvalue weighted by Gasteiger charge is -2.34. The van der Waals surface area contributed by atoms with Crippen LogP contribution in [0.15, 0.2) is 24.3 Å². The van der Waals surface area contributed by atoms with Gasteiger partial charge in [-0.3, -0.25) is 4.79 Å². The van der Waals surface area contributed by atoms with E-state index < -0.39 is 5.60 Å². The Hall–Kier alpha value is -2.36. The molecule has 1 aromatic heterocycles. The molecule has 0 unspecified atom stereocenters. The van der Waals surface area contributed by atoms with E-state index in [1.807, 2.05) is 12.1 Å². The molecule has 1 amide bonds. The number of aromatic nitrogens is 4. The van der Waals surface area contributed by atoms with Crippen molar-refractivity contribution in [1.29, 1.82) is 0 Å². The average molecular weight is 372 g/mol. The lowest BCUT2D eigenvalue weighted by Crippen LogP contribution is -2.53. The molecule has 0 bridgehead atoms. The number of tetrazole rings is 1. The molecule has 2 aromatic rings. The minimum atomic E-state index is -1.07. The molecule has 2 N–H and O–H groups in total. The summed E-state index contributed by atoms with van der Waals surface area (Å²) in [5.41, 5.74) is 0.0335. The van der Waals surface area contributed by atoms with Crippen LogP contribution in [0.2, 0.25) is 0 Å². The lowest BCUT2D eigenvalue weighted by molar-refractivity contribution is -0.0524. The van der Waals surface area contributed by atoms with E-state index in [2.05, 4.69) is 25.5 Å². The third-order valence-electron chi connectivity index (χ3n) is 5.11. The maximum absolute atomic E-state index is 13.3. The molecule has 1 aromatic carbocycles. The number of nitrogens with zero attached hydrogens (tertiary/aromatic N) is 5. The molecule has 9 nitrogen and oxygen atoms in total. The largest absolute Gasteiger partial charge is 0.384 e. The minimum Gasteiger partial charge on any atom is -0.384 e. The Bertz CT molecular complexity index is 777. The Morgan fingerprint density at radius 2 is 2.07 bits per heavy atom. The number of aromatic amines is 1. The van der Waals surface area contributed by atoms with Crippen molar-refractivity contribution in [2.24, 2.45) is 0 Å². The Morgan fingerprint density at radius 3 is 2.85 bits per heavy atom. The van der Waals surface area contributed by atoms with Crippen LogP contribution < -0.4 is 0 Å². The van der Waals surface area contributed by atoms with Crippen molar-refractivity contribution in [3.63, 3.8) is 0 Å².